The Labute approximate surface area is 337 Å². The largest absolute Gasteiger partial charge is 0.310 e. The van der Waals surface area contributed by atoms with Crippen molar-refractivity contribution in [3.63, 3.8) is 0 Å². The minimum Gasteiger partial charge on any atom is -0.310 e. The van der Waals surface area contributed by atoms with Gasteiger partial charge in [-0.1, -0.05) is 152 Å². The molecular formula is C54H38N4. The first kappa shape index (κ1) is 33.8. The zero-order valence-electron chi connectivity index (χ0n) is 31.8. The van der Waals surface area contributed by atoms with Gasteiger partial charge in [0.05, 0.1) is 33.6 Å². The molecule has 0 atom stereocenters. The lowest BCUT2D eigenvalue weighted by Crippen LogP contribution is -1.98. The van der Waals surface area contributed by atoms with Crippen LogP contribution in [-0.4, -0.2) is 19.1 Å². The first-order valence-electron chi connectivity index (χ1n) is 20.0. The number of para-hydroxylation sites is 2. The van der Waals surface area contributed by atoms with Crippen molar-refractivity contribution in [2.24, 2.45) is 0 Å². The third-order valence-electron chi connectivity index (χ3n) is 11.4. The quantitative estimate of drug-likeness (QED) is 0.170. The molecule has 4 nitrogen and oxygen atoms in total. The number of fused-ring (bicyclic) bond motifs is 6. The van der Waals surface area contributed by atoms with Crippen LogP contribution in [0.2, 0.25) is 0 Å². The van der Waals surface area contributed by atoms with E-state index in [1.807, 2.05) is 24.3 Å². The third-order valence-corrected chi connectivity index (χ3v) is 11.4. The van der Waals surface area contributed by atoms with Crippen molar-refractivity contribution in [3.05, 3.63) is 211 Å². The van der Waals surface area contributed by atoms with Gasteiger partial charge in [0, 0.05) is 44.2 Å². The molecule has 0 aliphatic heterocycles. The Kier molecular flexibility index (Phi) is 8.25. The SMILES string of the molecule is C1=CCCc2c(n(-c3ccccc3)c3cc(-c4ccc5c6ccccc6n(-c6ccc(-c7cc(-c8ccccc8)nc(-c8ccccc8)n7)cc6)c5c4)ccc23)C=C1. The molecule has 58 heavy (non-hydrogen) atoms. The van der Waals surface area contributed by atoms with Gasteiger partial charge >= 0.3 is 0 Å². The molecule has 0 radical (unpaired) electrons. The second-order valence-electron chi connectivity index (χ2n) is 14.9. The van der Waals surface area contributed by atoms with E-state index in [1.54, 1.807) is 0 Å². The lowest BCUT2D eigenvalue weighted by atomic mass is 9.99. The Morgan fingerprint density at radius 2 is 0.948 bits per heavy atom. The van der Waals surface area contributed by atoms with Crippen LogP contribution in [0, 0.1) is 0 Å². The van der Waals surface area contributed by atoms with Crippen LogP contribution in [0.5, 0.6) is 0 Å². The summed E-state index contributed by atoms with van der Waals surface area (Å²) in [6, 6.07) is 64.9. The molecule has 0 N–H and O–H groups in total. The summed E-state index contributed by atoms with van der Waals surface area (Å²) < 4.78 is 4.83. The molecule has 11 rings (SSSR count). The number of hydrogen-bond donors (Lipinski definition) is 0. The Morgan fingerprint density at radius 3 is 1.67 bits per heavy atom. The van der Waals surface area contributed by atoms with Gasteiger partial charge in [-0.15, -0.1) is 0 Å². The lowest BCUT2D eigenvalue weighted by molar-refractivity contribution is 0.984. The zero-order chi connectivity index (χ0) is 38.4. The van der Waals surface area contributed by atoms with Crippen LogP contribution >= 0.6 is 0 Å². The summed E-state index contributed by atoms with van der Waals surface area (Å²) in [5.41, 5.74) is 15.8. The van der Waals surface area contributed by atoms with Gasteiger partial charge in [-0.2, -0.15) is 0 Å². The van der Waals surface area contributed by atoms with E-state index in [2.05, 4.69) is 191 Å². The minimum atomic E-state index is 0.713. The average molecular weight is 743 g/mol. The molecule has 0 bridgehead atoms. The van der Waals surface area contributed by atoms with E-state index >= 15 is 0 Å². The number of nitrogens with zero attached hydrogens (tertiary/aromatic N) is 4. The van der Waals surface area contributed by atoms with E-state index in [1.165, 1.54) is 60.8 Å². The van der Waals surface area contributed by atoms with Crippen molar-refractivity contribution in [2.45, 2.75) is 12.8 Å². The lowest BCUT2D eigenvalue weighted by Gasteiger charge is -2.12. The fourth-order valence-electron chi connectivity index (χ4n) is 8.67. The maximum atomic E-state index is 5.09. The van der Waals surface area contributed by atoms with Crippen molar-refractivity contribution in [1.29, 1.82) is 0 Å². The molecule has 1 aliphatic carbocycles. The monoisotopic (exact) mass is 742 g/mol. The van der Waals surface area contributed by atoms with Crippen LogP contribution < -0.4 is 0 Å². The first-order valence-corrected chi connectivity index (χ1v) is 20.0. The summed E-state index contributed by atoms with van der Waals surface area (Å²) in [5, 5.41) is 3.78. The minimum absolute atomic E-state index is 0.713. The molecule has 0 fully saturated rings. The van der Waals surface area contributed by atoms with Crippen LogP contribution in [0.4, 0.5) is 0 Å². The third kappa shape index (κ3) is 5.86. The highest BCUT2D eigenvalue weighted by atomic mass is 15.0. The van der Waals surface area contributed by atoms with Crippen LogP contribution in [0.25, 0.3) is 95.2 Å². The van der Waals surface area contributed by atoms with E-state index in [0.29, 0.717) is 5.82 Å². The molecule has 0 unspecified atom stereocenters. The molecule has 10 aromatic rings. The molecule has 4 heteroatoms. The predicted molar refractivity (Wildman–Crippen MR) is 241 cm³/mol. The van der Waals surface area contributed by atoms with E-state index in [0.717, 1.165) is 46.6 Å². The van der Waals surface area contributed by atoms with Gasteiger partial charge in [0.15, 0.2) is 5.82 Å². The van der Waals surface area contributed by atoms with Crippen molar-refractivity contribution in [3.8, 4) is 56.4 Å². The van der Waals surface area contributed by atoms with Crippen molar-refractivity contribution < 1.29 is 0 Å². The van der Waals surface area contributed by atoms with E-state index in [-0.39, 0.29) is 0 Å². The van der Waals surface area contributed by atoms with Crippen LogP contribution in [0.15, 0.2) is 200 Å². The first-order chi connectivity index (χ1) is 28.8. The van der Waals surface area contributed by atoms with Gasteiger partial charge < -0.3 is 9.13 Å². The highest BCUT2D eigenvalue weighted by Gasteiger charge is 2.19. The van der Waals surface area contributed by atoms with Gasteiger partial charge in [-0.05, 0) is 84.1 Å². The molecule has 0 saturated heterocycles. The molecule has 3 heterocycles. The van der Waals surface area contributed by atoms with Crippen LogP contribution in [0.1, 0.15) is 17.7 Å². The standard InChI is InChI=1S/C54H38N4/c1-2-13-24-50-44(22-12-1)46-32-28-40(34-52(46)57(50)42-20-10-5-11-21-42)41-29-33-47-45-23-14-15-25-51(45)58(53(47)35-41)43-30-26-38(27-31-43)49-36-48(37-16-6-3-7-17-37)55-54(56-49)39-18-8-4-9-19-39/h1-11,13-21,23-36H,12,22H2. The molecular weight excluding hydrogens is 705 g/mol. The summed E-state index contributed by atoms with van der Waals surface area (Å²) in [6.07, 6.45) is 10.9. The average Bonchev–Trinajstić information content (AvgIpc) is 3.77. The summed E-state index contributed by atoms with van der Waals surface area (Å²) in [5.74, 6) is 0.713. The number of rotatable bonds is 6. The molecule has 0 spiro atoms. The van der Waals surface area contributed by atoms with Crippen LogP contribution in [0.3, 0.4) is 0 Å². The van der Waals surface area contributed by atoms with Crippen molar-refractivity contribution in [1.82, 2.24) is 19.1 Å². The maximum Gasteiger partial charge on any atom is 0.160 e. The summed E-state index contributed by atoms with van der Waals surface area (Å²) in [6.45, 7) is 0. The Hall–Kier alpha value is -7.56. The highest BCUT2D eigenvalue weighted by molar-refractivity contribution is 6.10. The molecule has 274 valence electrons. The highest BCUT2D eigenvalue weighted by Crippen LogP contribution is 2.39. The topological polar surface area (TPSA) is 35.6 Å². The zero-order valence-corrected chi connectivity index (χ0v) is 31.8. The number of aromatic nitrogens is 4. The van der Waals surface area contributed by atoms with Crippen molar-refractivity contribution in [2.75, 3.05) is 0 Å². The Bertz CT molecular complexity index is 3130. The molecule has 0 amide bonds. The summed E-state index contributed by atoms with van der Waals surface area (Å²) in [7, 11) is 0. The Balaban J connectivity index is 1.04. The van der Waals surface area contributed by atoms with E-state index < -0.39 is 0 Å². The maximum absolute atomic E-state index is 5.09. The molecule has 7 aromatic carbocycles. The number of allylic oxidation sites excluding steroid dienone is 3. The normalized spacial score (nSPS) is 12.6. The summed E-state index contributed by atoms with van der Waals surface area (Å²) >= 11 is 0. The van der Waals surface area contributed by atoms with Crippen molar-refractivity contribution >= 4 is 38.8 Å². The predicted octanol–water partition coefficient (Wildman–Crippen LogP) is 13.7. The Morgan fingerprint density at radius 1 is 0.397 bits per heavy atom. The molecule has 1 aliphatic rings. The number of hydrogen-bond acceptors (Lipinski definition) is 2. The molecule has 3 aromatic heterocycles. The summed E-state index contributed by atoms with van der Waals surface area (Å²) in [4.78, 5) is 10.1. The van der Waals surface area contributed by atoms with E-state index in [4.69, 9.17) is 9.97 Å². The van der Waals surface area contributed by atoms with Gasteiger partial charge in [-0.25, -0.2) is 9.97 Å². The fraction of sp³-hybridized carbons (Fsp3) is 0.0370. The van der Waals surface area contributed by atoms with Crippen LogP contribution in [-0.2, 0) is 6.42 Å². The van der Waals surface area contributed by atoms with Gasteiger partial charge in [-0.3, -0.25) is 0 Å². The van der Waals surface area contributed by atoms with Gasteiger partial charge in [0.1, 0.15) is 0 Å². The number of benzene rings is 7. The fourth-order valence-corrected chi connectivity index (χ4v) is 8.67. The molecule has 0 saturated carbocycles. The van der Waals surface area contributed by atoms with Gasteiger partial charge in [0.2, 0.25) is 0 Å². The van der Waals surface area contributed by atoms with E-state index in [9.17, 15) is 0 Å². The second kappa shape index (κ2) is 14.2. The number of aryl methyl sites for hydroxylation is 1. The second-order valence-corrected chi connectivity index (χ2v) is 14.9. The smallest absolute Gasteiger partial charge is 0.160 e. The van der Waals surface area contributed by atoms with Gasteiger partial charge in [0.25, 0.3) is 0 Å².